The fraction of sp³-hybridized carbons (Fsp3) is 0.333. The van der Waals surface area contributed by atoms with Crippen molar-refractivity contribution in [3.8, 4) is 0 Å². The number of aryl methyl sites for hydroxylation is 1. The van der Waals surface area contributed by atoms with Crippen molar-refractivity contribution in [1.82, 2.24) is 19.7 Å². The van der Waals surface area contributed by atoms with Crippen LogP contribution in [0.1, 0.15) is 26.9 Å². The van der Waals surface area contributed by atoms with Gasteiger partial charge in [-0.15, -0.1) is 21.5 Å². The van der Waals surface area contributed by atoms with Gasteiger partial charge < -0.3 is 14.6 Å². The van der Waals surface area contributed by atoms with Crippen molar-refractivity contribution in [2.75, 3.05) is 18.5 Å². The highest BCUT2D eigenvalue weighted by Gasteiger charge is 2.42. The average molecular weight is 423 g/mol. The number of aromatic nitrogens is 4. The highest BCUT2D eigenvalue weighted by atomic mass is 32.1. The van der Waals surface area contributed by atoms with Crippen molar-refractivity contribution in [2.45, 2.75) is 18.0 Å². The van der Waals surface area contributed by atoms with E-state index < -0.39 is 17.1 Å². The second-order valence-electron chi connectivity index (χ2n) is 6.88. The summed E-state index contributed by atoms with van der Waals surface area (Å²) in [5.74, 6) is 0.117. The van der Waals surface area contributed by atoms with Gasteiger partial charge in [-0.1, -0.05) is 12.1 Å². The summed E-state index contributed by atoms with van der Waals surface area (Å²) in [5.41, 5.74) is 0.844. The molecule has 152 valence electrons. The van der Waals surface area contributed by atoms with Crippen LogP contribution >= 0.6 is 11.3 Å². The van der Waals surface area contributed by atoms with Crippen molar-refractivity contribution in [3.63, 3.8) is 0 Å². The van der Waals surface area contributed by atoms with Crippen LogP contribution < -0.4 is 5.32 Å². The number of carbonyl (C=O) groups is 1. The molecule has 11 heteroatoms. The summed E-state index contributed by atoms with van der Waals surface area (Å²) in [6, 6.07) is 7.19. The van der Waals surface area contributed by atoms with Crippen LogP contribution in [0.2, 0.25) is 0 Å². The molecule has 1 aliphatic rings. The fourth-order valence-corrected chi connectivity index (χ4v) is 3.79. The van der Waals surface area contributed by atoms with Crippen molar-refractivity contribution in [3.05, 3.63) is 58.1 Å². The van der Waals surface area contributed by atoms with E-state index >= 15 is 0 Å². The van der Waals surface area contributed by atoms with Gasteiger partial charge in [0.25, 0.3) is 5.91 Å². The summed E-state index contributed by atoms with van der Waals surface area (Å²) < 4.78 is 45.4. The Hall–Kier alpha value is -2.79. The smallest absolute Gasteiger partial charge is 0.379 e. The Morgan fingerprint density at radius 1 is 1.38 bits per heavy atom. The van der Waals surface area contributed by atoms with Crippen molar-refractivity contribution < 1.29 is 22.7 Å². The molecule has 29 heavy (non-hydrogen) atoms. The predicted molar refractivity (Wildman–Crippen MR) is 98.7 cm³/mol. The topological polar surface area (TPSA) is 81.9 Å². The maximum Gasteiger partial charge on any atom is 0.443 e. The zero-order valence-electron chi connectivity index (χ0n) is 15.2. The molecular weight excluding hydrogens is 407 g/mol. The number of halogens is 3. The van der Waals surface area contributed by atoms with E-state index in [-0.39, 0.29) is 11.1 Å². The van der Waals surface area contributed by atoms with Gasteiger partial charge in [-0.2, -0.15) is 13.2 Å². The van der Waals surface area contributed by atoms with Gasteiger partial charge in [0.15, 0.2) is 5.01 Å². The maximum atomic E-state index is 12.7. The lowest BCUT2D eigenvalue weighted by Crippen LogP contribution is -2.49. The summed E-state index contributed by atoms with van der Waals surface area (Å²) in [6.45, 7) is 0.997. The van der Waals surface area contributed by atoms with Gasteiger partial charge in [0.05, 0.1) is 13.2 Å². The summed E-state index contributed by atoms with van der Waals surface area (Å²) in [4.78, 5) is 15.7. The van der Waals surface area contributed by atoms with Crippen LogP contribution in [0.3, 0.4) is 0 Å². The maximum absolute atomic E-state index is 12.7. The molecular formula is C18H16F3N5O2S. The summed E-state index contributed by atoms with van der Waals surface area (Å²) in [5, 5.41) is 10.7. The molecule has 3 heterocycles. The monoisotopic (exact) mass is 423 g/mol. The van der Waals surface area contributed by atoms with Crippen LogP contribution in [0.4, 0.5) is 18.9 Å². The first kappa shape index (κ1) is 19.5. The zero-order valence-corrected chi connectivity index (χ0v) is 16.0. The van der Waals surface area contributed by atoms with Gasteiger partial charge in [0.2, 0.25) is 0 Å². The molecule has 0 bridgehead atoms. The molecule has 1 aliphatic heterocycles. The van der Waals surface area contributed by atoms with Crippen LogP contribution in [0.5, 0.6) is 0 Å². The molecule has 0 radical (unpaired) electrons. The third-order valence-corrected chi connectivity index (χ3v) is 5.66. The number of benzene rings is 1. The SMILES string of the molecule is Cn1cnnc1CC1(c2cccc(NC(=O)c3csc(C(F)(F)F)n3)c2)COC1. The minimum Gasteiger partial charge on any atom is -0.379 e. The molecule has 1 amide bonds. The first-order valence-corrected chi connectivity index (χ1v) is 9.50. The predicted octanol–water partition coefficient (Wildman–Crippen LogP) is 3.05. The van der Waals surface area contributed by atoms with Crippen LogP contribution in [0.25, 0.3) is 0 Å². The highest BCUT2D eigenvalue weighted by Crippen LogP contribution is 2.37. The lowest BCUT2D eigenvalue weighted by molar-refractivity contribution is -0.137. The standard InChI is InChI=1S/C18H16F3N5O2S/c1-26-10-22-25-14(26)6-17(8-28-9-17)11-3-2-4-12(5-11)23-15(27)13-7-29-16(24-13)18(19,20)21/h2-5,7,10H,6,8-9H2,1H3,(H,23,27). The molecule has 0 spiro atoms. The number of thiazole rings is 1. The minimum atomic E-state index is -4.57. The Labute approximate surface area is 167 Å². The molecule has 7 nitrogen and oxygen atoms in total. The van der Waals surface area contributed by atoms with E-state index in [9.17, 15) is 18.0 Å². The lowest BCUT2D eigenvalue weighted by atomic mass is 9.75. The zero-order chi connectivity index (χ0) is 20.6. The van der Waals surface area contributed by atoms with Gasteiger partial charge in [0.1, 0.15) is 17.8 Å². The van der Waals surface area contributed by atoms with Crippen LogP contribution in [0.15, 0.2) is 36.0 Å². The van der Waals surface area contributed by atoms with E-state index in [1.807, 2.05) is 17.7 Å². The van der Waals surface area contributed by atoms with Gasteiger partial charge in [-0.05, 0) is 17.7 Å². The number of hydrogen-bond acceptors (Lipinski definition) is 6. The average Bonchev–Trinajstić information content (AvgIpc) is 3.27. The first-order valence-electron chi connectivity index (χ1n) is 8.62. The molecule has 0 unspecified atom stereocenters. The second kappa shape index (κ2) is 7.23. The van der Waals surface area contributed by atoms with Gasteiger partial charge in [0, 0.05) is 30.0 Å². The van der Waals surface area contributed by atoms with E-state index in [2.05, 4.69) is 20.5 Å². The molecule has 2 aromatic heterocycles. The fourth-order valence-electron chi connectivity index (χ4n) is 3.12. The van der Waals surface area contributed by atoms with Gasteiger partial charge >= 0.3 is 6.18 Å². The second-order valence-corrected chi connectivity index (χ2v) is 7.74. The molecule has 1 N–H and O–H groups in total. The number of anilines is 1. The Morgan fingerprint density at radius 3 is 2.76 bits per heavy atom. The number of ether oxygens (including phenoxy) is 1. The molecule has 1 saturated heterocycles. The lowest BCUT2D eigenvalue weighted by Gasteiger charge is -2.41. The Bertz CT molecular complexity index is 1040. The normalized spacial score (nSPS) is 15.7. The number of amides is 1. The van der Waals surface area contributed by atoms with E-state index in [0.29, 0.717) is 36.7 Å². The van der Waals surface area contributed by atoms with E-state index in [1.165, 1.54) is 0 Å². The third-order valence-electron chi connectivity index (χ3n) is 4.77. The molecule has 0 atom stereocenters. The number of rotatable bonds is 5. The van der Waals surface area contributed by atoms with E-state index in [0.717, 1.165) is 16.8 Å². The number of carbonyl (C=O) groups excluding carboxylic acids is 1. The number of hydrogen-bond donors (Lipinski definition) is 1. The summed E-state index contributed by atoms with van der Waals surface area (Å²) >= 11 is 0.390. The van der Waals surface area contributed by atoms with Gasteiger partial charge in [-0.25, -0.2) is 4.98 Å². The molecule has 1 aromatic carbocycles. The van der Waals surface area contributed by atoms with Crippen LogP contribution in [-0.2, 0) is 29.8 Å². The van der Waals surface area contributed by atoms with Crippen molar-refractivity contribution in [2.24, 2.45) is 7.05 Å². The summed E-state index contributed by atoms with van der Waals surface area (Å²) in [6.07, 6.45) is -2.33. The van der Waals surface area contributed by atoms with E-state index in [4.69, 9.17) is 4.74 Å². The molecule has 0 aliphatic carbocycles. The quantitative estimate of drug-likeness (QED) is 0.682. The highest BCUT2D eigenvalue weighted by molar-refractivity contribution is 7.10. The third kappa shape index (κ3) is 3.87. The molecule has 0 saturated carbocycles. The van der Waals surface area contributed by atoms with Crippen LogP contribution in [0, 0.1) is 0 Å². The molecule has 1 fully saturated rings. The Kier molecular flexibility index (Phi) is 4.87. The van der Waals surface area contributed by atoms with Crippen molar-refractivity contribution >= 4 is 22.9 Å². The molecule has 4 rings (SSSR count). The number of nitrogens with one attached hydrogen (secondary N) is 1. The van der Waals surface area contributed by atoms with Crippen LogP contribution in [-0.4, -0.2) is 38.9 Å². The Balaban J connectivity index is 1.53. The van der Waals surface area contributed by atoms with Crippen molar-refractivity contribution in [1.29, 1.82) is 0 Å². The number of alkyl halides is 3. The van der Waals surface area contributed by atoms with E-state index in [1.54, 1.807) is 24.5 Å². The van der Waals surface area contributed by atoms with Gasteiger partial charge in [-0.3, -0.25) is 4.79 Å². The number of nitrogens with zero attached hydrogens (tertiary/aromatic N) is 4. The summed E-state index contributed by atoms with van der Waals surface area (Å²) in [7, 11) is 1.86. The largest absolute Gasteiger partial charge is 0.443 e. The minimum absolute atomic E-state index is 0.270. The first-order chi connectivity index (χ1) is 13.8. The molecule has 3 aromatic rings. The Morgan fingerprint density at radius 2 is 2.17 bits per heavy atom.